The van der Waals surface area contributed by atoms with Gasteiger partial charge in [0.1, 0.15) is 0 Å². The molecule has 2 bridgehead atoms. The molecule has 3 fully saturated rings. The Bertz CT molecular complexity index is 432. The number of nitrogens with two attached hydrogens (primary N) is 1. The van der Waals surface area contributed by atoms with Gasteiger partial charge in [0.25, 0.3) is 0 Å². The molecule has 5 nitrogen and oxygen atoms in total. The van der Waals surface area contributed by atoms with E-state index in [1.165, 1.54) is 19.3 Å². The maximum absolute atomic E-state index is 12.9. The minimum absolute atomic E-state index is 0.115. The molecule has 2 amide bonds. The van der Waals surface area contributed by atoms with Crippen molar-refractivity contribution in [2.75, 3.05) is 20.1 Å². The summed E-state index contributed by atoms with van der Waals surface area (Å²) in [6.07, 6.45) is 8.20. The van der Waals surface area contributed by atoms with Crippen molar-refractivity contribution in [1.82, 2.24) is 10.2 Å². The molecular weight excluding hydrogens is 290 g/mol. The van der Waals surface area contributed by atoms with Gasteiger partial charge in [0.15, 0.2) is 0 Å². The van der Waals surface area contributed by atoms with Gasteiger partial charge >= 0.3 is 0 Å². The van der Waals surface area contributed by atoms with Crippen molar-refractivity contribution in [3.05, 3.63) is 0 Å². The Morgan fingerprint density at radius 2 is 1.70 bits per heavy atom. The third-order valence-electron chi connectivity index (χ3n) is 6.44. The Hall–Kier alpha value is -1.10. The van der Waals surface area contributed by atoms with E-state index >= 15 is 0 Å². The van der Waals surface area contributed by atoms with Crippen molar-refractivity contribution in [2.45, 2.75) is 57.4 Å². The van der Waals surface area contributed by atoms with Gasteiger partial charge in [-0.15, -0.1) is 0 Å². The molecule has 0 aromatic heterocycles. The number of piperidine rings is 1. The highest BCUT2D eigenvalue weighted by Gasteiger charge is 2.42. The van der Waals surface area contributed by atoms with Crippen molar-refractivity contribution in [3.63, 3.8) is 0 Å². The first-order valence-corrected chi connectivity index (χ1v) is 9.33. The van der Waals surface area contributed by atoms with E-state index in [-0.39, 0.29) is 11.8 Å². The lowest BCUT2D eigenvalue weighted by molar-refractivity contribution is -0.140. The van der Waals surface area contributed by atoms with Gasteiger partial charge in [-0.25, -0.2) is 0 Å². The van der Waals surface area contributed by atoms with E-state index in [9.17, 15) is 9.59 Å². The lowest BCUT2D eigenvalue weighted by Gasteiger charge is -2.45. The first-order valence-electron chi connectivity index (χ1n) is 9.33. The fraction of sp³-hybridized carbons (Fsp3) is 0.889. The van der Waals surface area contributed by atoms with Crippen LogP contribution in [0.4, 0.5) is 0 Å². The van der Waals surface area contributed by atoms with Gasteiger partial charge in [-0.05, 0) is 56.3 Å². The van der Waals surface area contributed by atoms with E-state index in [4.69, 9.17) is 5.73 Å². The Balaban J connectivity index is 1.51. The van der Waals surface area contributed by atoms with Gasteiger partial charge in [-0.2, -0.15) is 0 Å². The highest BCUT2D eigenvalue weighted by molar-refractivity contribution is 5.79. The molecular formula is C18H31N3O2. The first kappa shape index (κ1) is 16.7. The second kappa shape index (κ2) is 7.20. The molecule has 0 aromatic rings. The molecule has 3 rings (SSSR count). The zero-order chi connectivity index (χ0) is 16.4. The summed E-state index contributed by atoms with van der Waals surface area (Å²) in [5.74, 6) is 2.21. The van der Waals surface area contributed by atoms with Gasteiger partial charge in [0.2, 0.25) is 11.8 Å². The molecule has 2 atom stereocenters. The summed E-state index contributed by atoms with van der Waals surface area (Å²) in [5, 5.41) is 2.69. The van der Waals surface area contributed by atoms with Gasteiger partial charge in [-0.3, -0.25) is 9.59 Å². The molecule has 130 valence electrons. The van der Waals surface area contributed by atoms with E-state index in [2.05, 4.69) is 10.2 Å². The number of amides is 2. The number of carbonyl (C=O) groups is 2. The Morgan fingerprint density at radius 1 is 1.09 bits per heavy atom. The zero-order valence-corrected chi connectivity index (χ0v) is 14.3. The standard InChI is InChI=1S/C18H31N3O2/c1-20-16(22)9-12-5-7-21(8-6-12)18(23)15-10-13-3-2-4-14(11-15)17(13)19/h12-15,17H,2-11,19H2,1H3,(H,20,22). The van der Waals surface area contributed by atoms with E-state index in [0.29, 0.717) is 36.1 Å². The Morgan fingerprint density at radius 3 is 2.26 bits per heavy atom. The van der Waals surface area contributed by atoms with Crippen LogP contribution in [0.15, 0.2) is 0 Å². The number of carbonyl (C=O) groups excluding carboxylic acids is 2. The minimum Gasteiger partial charge on any atom is -0.359 e. The SMILES string of the molecule is CNC(=O)CC1CCN(C(=O)C2CC3CCCC(C2)C3N)CC1. The van der Waals surface area contributed by atoms with Crippen LogP contribution < -0.4 is 11.1 Å². The number of nitrogens with zero attached hydrogens (tertiary/aromatic N) is 1. The van der Waals surface area contributed by atoms with Gasteiger partial charge in [0, 0.05) is 38.5 Å². The molecule has 2 saturated carbocycles. The second-order valence-corrected chi connectivity index (χ2v) is 7.84. The predicted molar refractivity (Wildman–Crippen MR) is 89.5 cm³/mol. The summed E-state index contributed by atoms with van der Waals surface area (Å²) < 4.78 is 0. The lowest BCUT2D eigenvalue weighted by Crippen LogP contribution is -2.50. The van der Waals surface area contributed by atoms with Gasteiger partial charge < -0.3 is 16.0 Å². The van der Waals surface area contributed by atoms with Crippen molar-refractivity contribution in [1.29, 1.82) is 0 Å². The van der Waals surface area contributed by atoms with Crippen LogP contribution in [-0.4, -0.2) is 42.9 Å². The van der Waals surface area contributed by atoms with Crippen molar-refractivity contribution >= 4 is 11.8 Å². The molecule has 0 aromatic carbocycles. The number of fused-ring (bicyclic) bond motifs is 2. The number of likely N-dealkylation sites (tertiary alicyclic amines) is 1. The molecule has 2 unspecified atom stereocenters. The maximum Gasteiger partial charge on any atom is 0.225 e. The van der Waals surface area contributed by atoms with Crippen molar-refractivity contribution in [2.24, 2.45) is 29.4 Å². The minimum atomic E-state index is 0.115. The molecule has 5 heteroatoms. The summed E-state index contributed by atoms with van der Waals surface area (Å²) in [6, 6.07) is 0.325. The zero-order valence-electron chi connectivity index (χ0n) is 14.3. The van der Waals surface area contributed by atoms with Crippen LogP contribution in [0.25, 0.3) is 0 Å². The average Bonchev–Trinajstić information content (AvgIpc) is 2.54. The van der Waals surface area contributed by atoms with E-state index < -0.39 is 0 Å². The summed E-state index contributed by atoms with van der Waals surface area (Å²) in [7, 11) is 1.69. The molecule has 23 heavy (non-hydrogen) atoms. The van der Waals surface area contributed by atoms with Crippen LogP contribution in [0.3, 0.4) is 0 Å². The van der Waals surface area contributed by atoms with Crippen LogP contribution in [-0.2, 0) is 9.59 Å². The molecule has 0 radical (unpaired) electrons. The van der Waals surface area contributed by atoms with E-state index in [1.54, 1.807) is 7.05 Å². The predicted octanol–water partition coefficient (Wildman–Crippen LogP) is 1.51. The summed E-state index contributed by atoms with van der Waals surface area (Å²) in [6.45, 7) is 1.64. The van der Waals surface area contributed by atoms with Crippen LogP contribution in [0.5, 0.6) is 0 Å². The van der Waals surface area contributed by atoms with Crippen molar-refractivity contribution < 1.29 is 9.59 Å². The number of hydrogen-bond donors (Lipinski definition) is 2. The number of hydrogen-bond acceptors (Lipinski definition) is 3. The van der Waals surface area contributed by atoms with E-state index in [1.807, 2.05) is 0 Å². The average molecular weight is 321 g/mol. The lowest BCUT2D eigenvalue weighted by atomic mass is 9.65. The molecule has 0 spiro atoms. The third-order valence-corrected chi connectivity index (χ3v) is 6.44. The highest BCUT2D eigenvalue weighted by Crippen LogP contribution is 2.42. The van der Waals surface area contributed by atoms with Crippen molar-refractivity contribution in [3.8, 4) is 0 Å². The summed E-state index contributed by atoms with van der Waals surface area (Å²) in [5.41, 5.74) is 6.34. The monoisotopic (exact) mass is 321 g/mol. The maximum atomic E-state index is 12.9. The van der Waals surface area contributed by atoms with Crippen LogP contribution in [0, 0.1) is 23.7 Å². The topological polar surface area (TPSA) is 75.4 Å². The third kappa shape index (κ3) is 3.70. The smallest absolute Gasteiger partial charge is 0.225 e. The number of nitrogens with one attached hydrogen (secondary N) is 1. The first-order chi connectivity index (χ1) is 11.1. The molecule has 3 aliphatic rings. The quantitative estimate of drug-likeness (QED) is 0.827. The second-order valence-electron chi connectivity index (χ2n) is 7.84. The highest BCUT2D eigenvalue weighted by atomic mass is 16.2. The fourth-order valence-corrected chi connectivity index (χ4v) is 4.97. The summed E-state index contributed by atoms with van der Waals surface area (Å²) >= 11 is 0. The van der Waals surface area contributed by atoms with Crippen LogP contribution in [0.2, 0.25) is 0 Å². The van der Waals surface area contributed by atoms with Crippen LogP contribution >= 0.6 is 0 Å². The Kier molecular flexibility index (Phi) is 5.24. The molecule has 1 aliphatic heterocycles. The molecule has 3 N–H and O–H groups in total. The van der Waals surface area contributed by atoms with Crippen LogP contribution in [0.1, 0.15) is 51.4 Å². The normalized spacial score (nSPS) is 35.0. The largest absolute Gasteiger partial charge is 0.359 e. The molecule has 2 aliphatic carbocycles. The fourth-order valence-electron chi connectivity index (χ4n) is 4.97. The van der Waals surface area contributed by atoms with E-state index in [0.717, 1.165) is 38.8 Å². The number of rotatable bonds is 3. The molecule has 1 saturated heterocycles. The van der Waals surface area contributed by atoms with Gasteiger partial charge in [0.05, 0.1) is 0 Å². The van der Waals surface area contributed by atoms with Gasteiger partial charge in [-0.1, -0.05) is 6.42 Å². The summed E-state index contributed by atoms with van der Waals surface area (Å²) in [4.78, 5) is 26.4. The Labute approximate surface area is 139 Å². The molecule has 1 heterocycles.